The average Bonchev–Trinajstić information content (AvgIpc) is 3.69. The monoisotopic (exact) mass is 550 g/mol. The fourth-order valence-electron chi connectivity index (χ4n) is 5.63. The number of anilines is 3. The number of aryl methyl sites for hydroxylation is 1. The number of hydrogen-bond acceptors (Lipinski definition) is 11. The molecule has 1 aliphatic carbocycles. The van der Waals surface area contributed by atoms with Crippen LogP contribution in [0.25, 0.3) is 16.7 Å². The fraction of sp³-hybridized carbons (Fsp3) is 0.481. The van der Waals surface area contributed by atoms with E-state index in [1.165, 1.54) is 0 Å². The van der Waals surface area contributed by atoms with Crippen LogP contribution in [0.1, 0.15) is 37.4 Å². The summed E-state index contributed by atoms with van der Waals surface area (Å²) in [5.41, 5.74) is 2.30. The topological polar surface area (TPSA) is 145 Å². The van der Waals surface area contributed by atoms with Crippen molar-refractivity contribution < 1.29 is 24.4 Å². The Labute approximate surface area is 231 Å². The van der Waals surface area contributed by atoms with Crippen molar-refractivity contribution in [3.63, 3.8) is 0 Å². The van der Waals surface area contributed by atoms with E-state index in [1.54, 1.807) is 27.7 Å². The molecule has 3 aromatic heterocycles. The molecule has 0 radical (unpaired) electrons. The van der Waals surface area contributed by atoms with Crippen LogP contribution in [0.2, 0.25) is 0 Å². The maximum absolute atomic E-state index is 10.0. The Morgan fingerprint density at radius 1 is 1.07 bits per heavy atom. The molecule has 0 amide bonds. The lowest BCUT2D eigenvalue weighted by Gasteiger charge is -2.31. The molecule has 2 aliphatic rings. The summed E-state index contributed by atoms with van der Waals surface area (Å²) in [6, 6.07) is 3.74. The van der Waals surface area contributed by atoms with Gasteiger partial charge in [-0.3, -0.25) is 0 Å². The van der Waals surface area contributed by atoms with Gasteiger partial charge < -0.3 is 39.2 Å². The van der Waals surface area contributed by atoms with E-state index < -0.39 is 0 Å². The summed E-state index contributed by atoms with van der Waals surface area (Å²) in [6.07, 6.45) is 6.33. The van der Waals surface area contributed by atoms with E-state index in [0.29, 0.717) is 47.5 Å². The number of aliphatic hydroxyl groups excluding tert-OH is 2. The van der Waals surface area contributed by atoms with E-state index in [1.807, 2.05) is 34.5 Å². The lowest BCUT2D eigenvalue weighted by molar-refractivity contribution is 0.0449. The van der Waals surface area contributed by atoms with Gasteiger partial charge in [0.1, 0.15) is 12.1 Å². The molecule has 1 aliphatic heterocycles. The second kappa shape index (κ2) is 10.5. The molecule has 1 saturated heterocycles. The predicted octanol–water partition coefficient (Wildman–Crippen LogP) is 2.75. The zero-order valence-corrected chi connectivity index (χ0v) is 23.0. The quantitative estimate of drug-likeness (QED) is 0.283. The van der Waals surface area contributed by atoms with Crippen molar-refractivity contribution in [3.8, 4) is 22.9 Å². The molecule has 40 heavy (non-hydrogen) atoms. The van der Waals surface area contributed by atoms with E-state index in [-0.39, 0.29) is 24.8 Å². The molecule has 1 saturated carbocycles. The summed E-state index contributed by atoms with van der Waals surface area (Å²) >= 11 is 0. The number of nitrogens with one attached hydrogen (secondary N) is 1. The summed E-state index contributed by atoms with van der Waals surface area (Å²) in [6.45, 7) is 2.80. The SMILES string of the molecule is COc1cc(-n2cnc(Nc3nc(N4CCC[C@H]4CO)c4c(C)nn([C@H]5C[C@@H](O)C5)c4n3)c2)cc(OC)c1OC. The highest BCUT2D eigenvalue weighted by atomic mass is 16.5. The molecule has 0 bridgehead atoms. The Kier molecular flexibility index (Phi) is 6.84. The Morgan fingerprint density at radius 2 is 1.82 bits per heavy atom. The Morgan fingerprint density at radius 3 is 2.48 bits per heavy atom. The van der Waals surface area contributed by atoms with E-state index >= 15 is 0 Å². The number of fused-ring (bicyclic) bond motifs is 1. The fourth-order valence-corrected chi connectivity index (χ4v) is 5.63. The lowest BCUT2D eigenvalue weighted by Crippen LogP contribution is -2.33. The van der Waals surface area contributed by atoms with Gasteiger partial charge in [0, 0.05) is 18.7 Å². The minimum absolute atomic E-state index is 0.0153. The van der Waals surface area contributed by atoms with Gasteiger partial charge in [0.15, 0.2) is 23.0 Å². The van der Waals surface area contributed by atoms with Gasteiger partial charge >= 0.3 is 0 Å². The van der Waals surface area contributed by atoms with Gasteiger partial charge in [-0.2, -0.15) is 15.1 Å². The zero-order chi connectivity index (χ0) is 28.0. The number of hydrogen-bond donors (Lipinski definition) is 3. The first-order valence-corrected chi connectivity index (χ1v) is 13.4. The first-order chi connectivity index (χ1) is 19.4. The highest BCUT2D eigenvalue weighted by Crippen LogP contribution is 2.40. The summed E-state index contributed by atoms with van der Waals surface area (Å²) < 4.78 is 20.2. The minimum Gasteiger partial charge on any atom is -0.493 e. The van der Waals surface area contributed by atoms with Crippen LogP contribution in [-0.4, -0.2) is 86.1 Å². The standard InChI is InChI=1S/C27H34N8O5/c1-15-23-25(34-7-5-6-16(34)13-36)30-27(31-26(23)35(32-15)18-8-19(37)9-18)29-22-12-33(14-28-22)17-10-20(38-2)24(40-4)21(11-17)39-3/h10-12,14,16,18-19,36-37H,5-9,13H2,1-4H3,(H,29,30,31)/t16-,18-,19+/m0/s1. The number of aromatic nitrogens is 6. The van der Waals surface area contributed by atoms with E-state index in [9.17, 15) is 10.2 Å². The smallest absolute Gasteiger partial charge is 0.232 e. The Hall–Kier alpha value is -4.10. The largest absolute Gasteiger partial charge is 0.493 e. The molecule has 0 unspecified atom stereocenters. The van der Waals surface area contributed by atoms with Crippen molar-refractivity contribution >= 4 is 28.6 Å². The number of rotatable bonds is 9. The molecule has 13 nitrogen and oxygen atoms in total. The maximum atomic E-state index is 10.0. The van der Waals surface area contributed by atoms with Gasteiger partial charge in [0.05, 0.1) is 69.1 Å². The van der Waals surface area contributed by atoms with Gasteiger partial charge in [-0.25, -0.2) is 9.67 Å². The van der Waals surface area contributed by atoms with Crippen LogP contribution < -0.4 is 24.4 Å². The minimum atomic E-state index is -0.319. The van der Waals surface area contributed by atoms with Crippen molar-refractivity contribution in [2.45, 2.75) is 50.8 Å². The molecule has 2 fully saturated rings. The molecular weight excluding hydrogens is 516 g/mol. The third kappa shape index (κ3) is 4.44. The number of benzene rings is 1. The molecule has 212 valence electrons. The van der Waals surface area contributed by atoms with Crippen LogP contribution in [-0.2, 0) is 0 Å². The molecule has 13 heteroatoms. The van der Waals surface area contributed by atoms with Crippen molar-refractivity contribution in [3.05, 3.63) is 30.4 Å². The van der Waals surface area contributed by atoms with Gasteiger partial charge in [-0.1, -0.05) is 0 Å². The van der Waals surface area contributed by atoms with Crippen molar-refractivity contribution in [2.24, 2.45) is 0 Å². The Balaban J connectivity index is 1.38. The van der Waals surface area contributed by atoms with Crippen LogP contribution in [0.15, 0.2) is 24.7 Å². The summed E-state index contributed by atoms with van der Waals surface area (Å²) in [4.78, 5) is 16.5. The first kappa shape index (κ1) is 26.1. The second-order valence-corrected chi connectivity index (χ2v) is 10.2. The van der Waals surface area contributed by atoms with Crippen molar-refractivity contribution in [1.82, 2.24) is 29.3 Å². The normalized spacial score (nSPS) is 20.6. The average molecular weight is 551 g/mol. The van der Waals surface area contributed by atoms with Crippen LogP contribution in [0, 0.1) is 6.92 Å². The van der Waals surface area contributed by atoms with Crippen LogP contribution in [0.3, 0.4) is 0 Å². The number of ether oxygens (including phenoxy) is 3. The van der Waals surface area contributed by atoms with E-state index in [2.05, 4.69) is 15.2 Å². The third-order valence-electron chi connectivity index (χ3n) is 7.77. The van der Waals surface area contributed by atoms with E-state index in [4.69, 9.17) is 29.3 Å². The van der Waals surface area contributed by atoms with Crippen LogP contribution >= 0.6 is 0 Å². The molecule has 0 spiro atoms. The van der Waals surface area contributed by atoms with Gasteiger partial charge in [0.25, 0.3) is 0 Å². The number of imidazole rings is 1. The van der Waals surface area contributed by atoms with Crippen LogP contribution in [0.5, 0.6) is 17.2 Å². The molecular formula is C27H34N8O5. The number of aliphatic hydroxyl groups is 2. The number of nitrogens with zero attached hydrogens (tertiary/aromatic N) is 7. The van der Waals surface area contributed by atoms with Gasteiger partial charge in [-0.05, 0) is 32.6 Å². The van der Waals surface area contributed by atoms with Crippen molar-refractivity contribution in [1.29, 1.82) is 0 Å². The molecule has 4 aromatic rings. The molecule has 1 aromatic carbocycles. The zero-order valence-electron chi connectivity index (χ0n) is 23.0. The predicted molar refractivity (Wildman–Crippen MR) is 148 cm³/mol. The highest BCUT2D eigenvalue weighted by Gasteiger charge is 2.34. The molecule has 1 atom stereocenters. The van der Waals surface area contributed by atoms with E-state index in [0.717, 1.165) is 42.0 Å². The van der Waals surface area contributed by atoms with Gasteiger partial charge in [0.2, 0.25) is 11.7 Å². The number of methoxy groups -OCH3 is 3. The highest BCUT2D eigenvalue weighted by molar-refractivity contribution is 5.91. The lowest BCUT2D eigenvalue weighted by atomic mass is 9.90. The third-order valence-corrected chi connectivity index (χ3v) is 7.77. The molecule has 3 N–H and O–H groups in total. The summed E-state index contributed by atoms with van der Waals surface area (Å²) in [5.74, 6) is 3.25. The molecule has 4 heterocycles. The first-order valence-electron chi connectivity index (χ1n) is 13.4. The Bertz CT molecular complexity index is 1500. The van der Waals surface area contributed by atoms with Crippen molar-refractivity contribution in [2.75, 3.05) is 44.7 Å². The van der Waals surface area contributed by atoms with Crippen LogP contribution in [0.4, 0.5) is 17.6 Å². The summed E-state index contributed by atoms with van der Waals surface area (Å²) in [5, 5.41) is 28.9. The maximum Gasteiger partial charge on any atom is 0.232 e. The summed E-state index contributed by atoms with van der Waals surface area (Å²) in [7, 11) is 4.72. The molecule has 6 rings (SSSR count). The van der Waals surface area contributed by atoms with Gasteiger partial charge in [-0.15, -0.1) is 0 Å². The second-order valence-electron chi connectivity index (χ2n) is 10.2.